The number of aryl methyl sites for hydroxylation is 2. The molecule has 1 aromatic heterocycles. The van der Waals surface area contributed by atoms with Gasteiger partial charge in [0.15, 0.2) is 0 Å². The first kappa shape index (κ1) is 25.1. The third-order valence-electron chi connectivity index (χ3n) is 5.39. The fourth-order valence-electron chi connectivity index (χ4n) is 3.50. The van der Waals surface area contributed by atoms with Gasteiger partial charge in [-0.2, -0.15) is 0 Å². The molecule has 0 spiro atoms. The van der Waals surface area contributed by atoms with Crippen LogP contribution in [0.2, 0.25) is 0 Å². The average Bonchev–Trinajstić information content (AvgIpc) is 2.74. The number of nitrogens with one attached hydrogen (secondary N) is 1. The summed E-state index contributed by atoms with van der Waals surface area (Å²) in [6.45, 7) is 5.62. The highest BCUT2D eigenvalue weighted by Crippen LogP contribution is 2.23. The molecule has 3 aromatic rings. The number of carbonyl (C=O) groups is 2. The van der Waals surface area contributed by atoms with Crippen molar-refractivity contribution in [2.24, 2.45) is 5.92 Å². The predicted molar refractivity (Wildman–Crippen MR) is 128 cm³/mol. The molecule has 2 N–H and O–H groups in total. The van der Waals surface area contributed by atoms with Crippen molar-refractivity contribution < 1.29 is 14.7 Å². The van der Waals surface area contributed by atoms with E-state index in [2.05, 4.69) is 16.4 Å². The number of amides is 1. The Bertz CT molecular complexity index is 1050. The summed E-state index contributed by atoms with van der Waals surface area (Å²) >= 11 is 0. The molecule has 1 amide bonds. The summed E-state index contributed by atoms with van der Waals surface area (Å²) in [5.41, 5.74) is 6.06. The average molecular weight is 453 g/mol. The lowest BCUT2D eigenvalue weighted by atomic mass is 9.93. The van der Waals surface area contributed by atoms with Gasteiger partial charge in [0.1, 0.15) is 0 Å². The number of carbonyl (C=O) groups excluding carboxylic acids is 1. The summed E-state index contributed by atoms with van der Waals surface area (Å²) in [7, 11) is 0. The van der Waals surface area contributed by atoms with Crippen molar-refractivity contribution in [3.8, 4) is 0 Å². The van der Waals surface area contributed by atoms with E-state index in [1.807, 2.05) is 74.6 Å². The van der Waals surface area contributed by atoms with Crippen LogP contribution in [0, 0.1) is 19.8 Å². The Morgan fingerprint density at radius 2 is 1.56 bits per heavy atom. The van der Waals surface area contributed by atoms with Crippen LogP contribution in [-0.2, 0) is 22.4 Å². The highest BCUT2D eigenvalue weighted by Gasteiger charge is 2.26. The smallest absolute Gasteiger partial charge is 0.308 e. The van der Waals surface area contributed by atoms with E-state index in [4.69, 9.17) is 0 Å². The van der Waals surface area contributed by atoms with Gasteiger partial charge >= 0.3 is 5.97 Å². The van der Waals surface area contributed by atoms with E-state index in [9.17, 15) is 14.7 Å². The van der Waals surface area contributed by atoms with Crippen molar-refractivity contribution in [3.63, 3.8) is 0 Å². The third-order valence-corrected chi connectivity index (χ3v) is 5.39. The number of aliphatic carboxylic acids is 1. The molecule has 0 aliphatic heterocycles. The fraction of sp³-hybridized carbons (Fsp3) is 0.269. The molecule has 0 saturated carbocycles. The van der Waals surface area contributed by atoms with Crippen molar-refractivity contribution in [2.45, 2.75) is 39.7 Å². The summed E-state index contributed by atoms with van der Waals surface area (Å²) in [5.74, 6) is -1.89. The van der Waals surface area contributed by atoms with Gasteiger partial charge in [-0.05, 0) is 55.2 Å². The number of hydrogen-bond acceptors (Lipinski definition) is 3. The number of carboxylic acids is 1. The lowest BCUT2D eigenvalue weighted by Gasteiger charge is -2.23. The number of hydrogen-bond donors (Lipinski definition) is 2. The van der Waals surface area contributed by atoms with E-state index in [0.717, 1.165) is 34.4 Å². The molecule has 0 unspecified atom stereocenters. The van der Waals surface area contributed by atoms with Crippen LogP contribution in [0.3, 0.4) is 0 Å². The van der Waals surface area contributed by atoms with Gasteiger partial charge in [0, 0.05) is 18.3 Å². The summed E-state index contributed by atoms with van der Waals surface area (Å²) in [5, 5.41) is 12.4. The fourth-order valence-corrected chi connectivity index (χ4v) is 3.50. The van der Waals surface area contributed by atoms with Crippen LogP contribution in [0.1, 0.15) is 46.5 Å². The van der Waals surface area contributed by atoms with E-state index in [0.29, 0.717) is 0 Å². The van der Waals surface area contributed by atoms with Gasteiger partial charge in [-0.1, -0.05) is 54.1 Å². The molecule has 6 heteroatoms. The van der Waals surface area contributed by atoms with E-state index in [1.165, 1.54) is 5.56 Å². The monoisotopic (exact) mass is 452 g/mol. The summed E-state index contributed by atoms with van der Waals surface area (Å²) < 4.78 is 0. The van der Waals surface area contributed by atoms with Crippen LogP contribution in [0.4, 0.5) is 0 Å². The highest BCUT2D eigenvalue weighted by molar-refractivity contribution is 5.85. The second-order valence-corrected chi connectivity index (χ2v) is 8.08. The van der Waals surface area contributed by atoms with Crippen molar-refractivity contribution in [1.29, 1.82) is 0 Å². The van der Waals surface area contributed by atoms with Gasteiger partial charge in [-0.25, -0.2) is 0 Å². The SMILES string of the molecule is Cc1ccc([C@@H](NC(=O)Cc2ccc(Cc3cc(C)ccn3)cc2)[C@@H](C)C(=O)O)cc1.Cl. The first-order chi connectivity index (χ1) is 14.8. The number of nitrogens with zero attached hydrogens (tertiary/aromatic N) is 1. The standard InChI is InChI=1S/C26H28N2O3.ClH/c1-17-4-10-22(11-5-17)25(19(3)26(30)31)28-24(29)16-21-8-6-20(7-9-21)15-23-14-18(2)12-13-27-23;/h4-14,19,25H,15-16H2,1-3H3,(H,28,29)(H,30,31);1H/t19-,25+;/m1./s1. The zero-order valence-electron chi connectivity index (χ0n) is 18.5. The molecule has 0 bridgehead atoms. The topological polar surface area (TPSA) is 79.3 Å². The Kier molecular flexibility index (Phi) is 8.97. The summed E-state index contributed by atoms with van der Waals surface area (Å²) in [6, 6.07) is 18.9. The molecular weight excluding hydrogens is 424 g/mol. The minimum Gasteiger partial charge on any atom is -0.481 e. The number of rotatable bonds is 8. The maximum atomic E-state index is 12.7. The Morgan fingerprint density at radius 1 is 0.938 bits per heavy atom. The number of carboxylic acid groups (broad SMARTS) is 1. The molecule has 3 rings (SSSR count). The molecule has 2 atom stereocenters. The van der Waals surface area contributed by atoms with Crippen LogP contribution in [0.5, 0.6) is 0 Å². The van der Waals surface area contributed by atoms with E-state index in [1.54, 1.807) is 6.92 Å². The molecule has 0 aliphatic rings. The predicted octanol–water partition coefficient (Wildman–Crippen LogP) is 4.83. The molecule has 0 radical (unpaired) electrons. The lowest BCUT2D eigenvalue weighted by Crippen LogP contribution is -2.36. The third kappa shape index (κ3) is 6.92. The number of benzene rings is 2. The number of pyridine rings is 1. The molecular formula is C26H29ClN2O3. The van der Waals surface area contributed by atoms with Gasteiger partial charge < -0.3 is 10.4 Å². The van der Waals surface area contributed by atoms with Crippen molar-refractivity contribution in [1.82, 2.24) is 10.3 Å². The quantitative estimate of drug-likeness (QED) is 0.513. The van der Waals surface area contributed by atoms with E-state index >= 15 is 0 Å². The normalized spacial score (nSPS) is 12.3. The maximum Gasteiger partial charge on any atom is 0.308 e. The summed E-state index contributed by atoms with van der Waals surface area (Å²) in [4.78, 5) is 28.7. The van der Waals surface area contributed by atoms with Crippen LogP contribution in [0.25, 0.3) is 0 Å². The van der Waals surface area contributed by atoms with Gasteiger partial charge in [0.05, 0.1) is 18.4 Å². The van der Waals surface area contributed by atoms with Gasteiger partial charge in [-0.15, -0.1) is 12.4 Å². The van der Waals surface area contributed by atoms with Crippen molar-refractivity contribution >= 4 is 24.3 Å². The molecule has 0 saturated heterocycles. The zero-order valence-corrected chi connectivity index (χ0v) is 19.4. The molecule has 1 heterocycles. The van der Waals surface area contributed by atoms with E-state index < -0.39 is 17.9 Å². The maximum absolute atomic E-state index is 12.7. The molecule has 32 heavy (non-hydrogen) atoms. The Balaban J connectivity index is 0.00000363. The highest BCUT2D eigenvalue weighted by atomic mass is 35.5. The van der Waals surface area contributed by atoms with Crippen LogP contribution >= 0.6 is 12.4 Å². The van der Waals surface area contributed by atoms with Gasteiger partial charge in [0.25, 0.3) is 0 Å². The van der Waals surface area contributed by atoms with Crippen LogP contribution in [-0.4, -0.2) is 22.0 Å². The molecule has 2 aromatic carbocycles. The first-order valence-corrected chi connectivity index (χ1v) is 10.4. The minimum absolute atomic E-state index is 0. The van der Waals surface area contributed by atoms with Crippen molar-refractivity contribution in [3.05, 3.63) is 100 Å². The Hall–Kier alpha value is -3.18. The Morgan fingerprint density at radius 3 is 2.16 bits per heavy atom. The first-order valence-electron chi connectivity index (χ1n) is 10.4. The largest absolute Gasteiger partial charge is 0.481 e. The zero-order chi connectivity index (χ0) is 22.4. The van der Waals surface area contributed by atoms with Crippen LogP contribution < -0.4 is 5.32 Å². The minimum atomic E-state index is -0.944. The van der Waals surface area contributed by atoms with Crippen molar-refractivity contribution in [2.75, 3.05) is 0 Å². The lowest BCUT2D eigenvalue weighted by molar-refractivity contribution is -0.142. The van der Waals surface area contributed by atoms with Crippen LogP contribution in [0.15, 0.2) is 66.9 Å². The van der Waals surface area contributed by atoms with Gasteiger partial charge in [0.2, 0.25) is 5.91 Å². The second-order valence-electron chi connectivity index (χ2n) is 8.08. The number of halogens is 1. The second kappa shape index (κ2) is 11.4. The van der Waals surface area contributed by atoms with E-state index in [-0.39, 0.29) is 24.7 Å². The van der Waals surface area contributed by atoms with Gasteiger partial charge in [-0.3, -0.25) is 14.6 Å². The summed E-state index contributed by atoms with van der Waals surface area (Å²) in [6.07, 6.45) is 2.74. The Labute approximate surface area is 195 Å². The number of aromatic nitrogens is 1. The molecule has 0 aliphatic carbocycles. The molecule has 168 valence electrons. The molecule has 0 fully saturated rings. The molecule has 5 nitrogen and oxygen atoms in total.